The van der Waals surface area contributed by atoms with Crippen molar-refractivity contribution in [1.82, 2.24) is 0 Å². The molecule has 26 heavy (non-hydrogen) atoms. The Labute approximate surface area is 149 Å². The molecule has 9 nitrogen and oxygen atoms in total. The first kappa shape index (κ1) is 18.8. The first-order valence-corrected chi connectivity index (χ1v) is 7.45. The second-order valence-electron chi connectivity index (χ2n) is 4.99. The molecule has 2 aromatic rings. The van der Waals surface area contributed by atoms with Crippen molar-refractivity contribution in [2.24, 2.45) is 0 Å². The summed E-state index contributed by atoms with van der Waals surface area (Å²) in [6.45, 7) is -0.295. The van der Waals surface area contributed by atoms with E-state index in [4.69, 9.17) is 18.9 Å². The van der Waals surface area contributed by atoms with Crippen LogP contribution in [0.1, 0.15) is 0 Å². The van der Waals surface area contributed by atoms with E-state index in [0.717, 1.165) is 0 Å². The Bertz CT molecular complexity index is 808. The number of hydrogen-bond donors (Lipinski definition) is 1. The molecule has 0 bridgehead atoms. The largest absolute Gasteiger partial charge is 0.497 e. The highest BCUT2D eigenvalue weighted by Crippen LogP contribution is 2.31. The summed E-state index contributed by atoms with van der Waals surface area (Å²) in [4.78, 5) is 22.4. The van der Waals surface area contributed by atoms with E-state index in [1.54, 1.807) is 18.2 Å². The third-order valence-electron chi connectivity index (χ3n) is 3.40. The molecule has 0 aromatic heterocycles. The summed E-state index contributed by atoms with van der Waals surface area (Å²) in [7, 11) is 4.32. The average Bonchev–Trinajstić information content (AvgIpc) is 2.66. The van der Waals surface area contributed by atoms with Crippen LogP contribution >= 0.6 is 0 Å². The third kappa shape index (κ3) is 4.53. The minimum Gasteiger partial charge on any atom is -0.497 e. The first-order valence-electron chi connectivity index (χ1n) is 7.45. The molecule has 9 heteroatoms. The predicted octanol–water partition coefficient (Wildman–Crippen LogP) is 2.64. The Hall–Kier alpha value is -3.49. The number of carbonyl (C=O) groups is 1. The zero-order valence-electron chi connectivity index (χ0n) is 14.5. The number of amides is 1. The molecule has 0 saturated carbocycles. The summed E-state index contributed by atoms with van der Waals surface area (Å²) < 4.78 is 20.6. The van der Waals surface area contributed by atoms with Crippen molar-refractivity contribution in [3.63, 3.8) is 0 Å². The summed E-state index contributed by atoms with van der Waals surface area (Å²) in [5.41, 5.74) is 0.274. The second kappa shape index (κ2) is 8.56. The van der Waals surface area contributed by atoms with Crippen LogP contribution < -0.4 is 24.3 Å². The fraction of sp³-hybridized carbons (Fsp3) is 0.235. The Morgan fingerprint density at radius 3 is 2.27 bits per heavy atom. The van der Waals surface area contributed by atoms with E-state index in [0.29, 0.717) is 17.2 Å². The molecule has 0 aliphatic heterocycles. The van der Waals surface area contributed by atoms with Crippen molar-refractivity contribution in [2.45, 2.75) is 0 Å². The van der Waals surface area contributed by atoms with Crippen LogP contribution in [0.2, 0.25) is 0 Å². The van der Waals surface area contributed by atoms with E-state index in [2.05, 4.69) is 5.32 Å². The van der Waals surface area contributed by atoms with Gasteiger partial charge in [-0.15, -0.1) is 0 Å². The molecule has 138 valence electrons. The van der Waals surface area contributed by atoms with Crippen LogP contribution in [0.4, 0.5) is 11.4 Å². The summed E-state index contributed by atoms with van der Waals surface area (Å²) in [6, 6.07) is 8.95. The van der Waals surface area contributed by atoms with Crippen molar-refractivity contribution in [1.29, 1.82) is 0 Å². The summed E-state index contributed by atoms with van der Waals surface area (Å²) >= 11 is 0. The maximum Gasteiger partial charge on any atom is 0.311 e. The van der Waals surface area contributed by atoms with Gasteiger partial charge in [0.15, 0.2) is 6.61 Å². The molecule has 1 N–H and O–H groups in total. The number of benzene rings is 2. The molecule has 2 aromatic carbocycles. The average molecular weight is 362 g/mol. The molecule has 0 radical (unpaired) electrons. The van der Waals surface area contributed by atoms with Crippen molar-refractivity contribution in [3.05, 3.63) is 46.5 Å². The number of ether oxygens (including phenoxy) is 4. The second-order valence-corrected chi connectivity index (χ2v) is 4.99. The van der Waals surface area contributed by atoms with Crippen LogP contribution in [0.25, 0.3) is 0 Å². The highest BCUT2D eigenvalue weighted by atomic mass is 16.6. The van der Waals surface area contributed by atoms with Crippen LogP contribution in [0, 0.1) is 10.1 Å². The van der Waals surface area contributed by atoms with E-state index in [1.807, 2.05) is 0 Å². The number of rotatable bonds is 8. The van der Waals surface area contributed by atoms with Crippen molar-refractivity contribution >= 4 is 17.3 Å². The molecule has 1 amide bonds. The van der Waals surface area contributed by atoms with Crippen LogP contribution in [0.15, 0.2) is 36.4 Å². The number of methoxy groups -OCH3 is 3. The maximum absolute atomic E-state index is 12.1. The lowest BCUT2D eigenvalue weighted by atomic mass is 10.2. The lowest BCUT2D eigenvalue weighted by molar-refractivity contribution is -0.385. The normalized spacial score (nSPS) is 9.96. The molecule has 0 fully saturated rings. The van der Waals surface area contributed by atoms with Crippen LogP contribution in [-0.2, 0) is 4.79 Å². The van der Waals surface area contributed by atoms with Gasteiger partial charge in [0.05, 0.1) is 31.9 Å². The van der Waals surface area contributed by atoms with Gasteiger partial charge in [-0.3, -0.25) is 14.9 Å². The van der Waals surface area contributed by atoms with Gasteiger partial charge in [-0.1, -0.05) is 0 Å². The summed E-state index contributed by atoms with van der Waals surface area (Å²) in [6.07, 6.45) is 0. The van der Waals surface area contributed by atoms with Gasteiger partial charge >= 0.3 is 5.69 Å². The molecular formula is C17H18N2O7. The minimum absolute atomic E-state index is 0.0460. The molecule has 2 rings (SSSR count). The Morgan fingerprint density at radius 1 is 1.00 bits per heavy atom. The van der Waals surface area contributed by atoms with Gasteiger partial charge in [0.1, 0.15) is 17.2 Å². The van der Waals surface area contributed by atoms with Gasteiger partial charge in [-0.05, 0) is 18.2 Å². The quantitative estimate of drug-likeness (QED) is 0.568. The highest BCUT2D eigenvalue weighted by molar-refractivity contribution is 5.93. The van der Waals surface area contributed by atoms with Crippen molar-refractivity contribution in [2.75, 3.05) is 33.3 Å². The number of nitrogens with one attached hydrogen (secondary N) is 1. The smallest absolute Gasteiger partial charge is 0.311 e. The first-order chi connectivity index (χ1) is 12.5. The van der Waals surface area contributed by atoms with Gasteiger partial charge in [0.2, 0.25) is 5.75 Å². The lowest BCUT2D eigenvalue weighted by Crippen LogP contribution is -2.20. The fourth-order valence-electron chi connectivity index (χ4n) is 2.14. The van der Waals surface area contributed by atoms with E-state index < -0.39 is 10.8 Å². The topological polar surface area (TPSA) is 109 Å². The number of nitro benzene ring substituents is 1. The summed E-state index contributed by atoms with van der Waals surface area (Å²) in [5.74, 6) is 0.920. The Balaban J connectivity index is 2.02. The van der Waals surface area contributed by atoms with E-state index in [9.17, 15) is 14.9 Å². The van der Waals surface area contributed by atoms with Gasteiger partial charge in [-0.25, -0.2) is 0 Å². The van der Waals surface area contributed by atoms with Gasteiger partial charge in [0.25, 0.3) is 5.91 Å². The molecule has 0 aliphatic carbocycles. The molecule has 0 unspecified atom stereocenters. The fourth-order valence-corrected chi connectivity index (χ4v) is 2.14. The molecule has 0 heterocycles. The Kier molecular flexibility index (Phi) is 6.20. The standard InChI is InChI=1S/C17H18N2O7/c1-23-11-4-6-13(15(8-11)24-2)18-17(20)10-26-12-5-7-14(19(21)22)16(9-12)25-3/h4-9H,10H2,1-3H3,(H,18,20). The minimum atomic E-state index is -0.564. The third-order valence-corrected chi connectivity index (χ3v) is 3.40. The van der Waals surface area contributed by atoms with Crippen molar-refractivity contribution < 1.29 is 28.7 Å². The van der Waals surface area contributed by atoms with Crippen LogP contribution in [0.3, 0.4) is 0 Å². The maximum atomic E-state index is 12.1. The Morgan fingerprint density at radius 2 is 1.65 bits per heavy atom. The van der Waals surface area contributed by atoms with Crippen molar-refractivity contribution in [3.8, 4) is 23.0 Å². The number of anilines is 1. The van der Waals surface area contributed by atoms with E-state index >= 15 is 0 Å². The predicted molar refractivity (Wildman–Crippen MR) is 93.3 cm³/mol. The van der Waals surface area contributed by atoms with Gasteiger partial charge < -0.3 is 24.3 Å². The SMILES string of the molecule is COc1ccc(NC(=O)COc2ccc([N+](=O)[O-])c(OC)c2)c(OC)c1. The highest BCUT2D eigenvalue weighted by Gasteiger charge is 2.16. The van der Waals surface area contributed by atoms with Crippen LogP contribution in [0.5, 0.6) is 23.0 Å². The van der Waals surface area contributed by atoms with Gasteiger partial charge in [0, 0.05) is 18.2 Å². The van der Waals surface area contributed by atoms with Gasteiger partial charge in [-0.2, -0.15) is 0 Å². The number of nitrogens with zero attached hydrogens (tertiary/aromatic N) is 1. The lowest BCUT2D eigenvalue weighted by Gasteiger charge is -2.12. The molecule has 0 atom stereocenters. The van der Waals surface area contributed by atoms with E-state index in [-0.39, 0.29) is 23.8 Å². The van der Waals surface area contributed by atoms with E-state index in [1.165, 1.54) is 39.5 Å². The number of nitro groups is 1. The van der Waals surface area contributed by atoms with Crippen LogP contribution in [-0.4, -0.2) is 38.8 Å². The monoisotopic (exact) mass is 362 g/mol. The summed E-state index contributed by atoms with van der Waals surface area (Å²) in [5, 5.41) is 13.5. The molecule has 0 aliphatic rings. The molecule has 0 spiro atoms. The molecular weight excluding hydrogens is 344 g/mol. The number of carbonyl (C=O) groups excluding carboxylic acids is 1. The zero-order chi connectivity index (χ0) is 19.1. The number of hydrogen-bond acceptors (Lipinski definition) is 7. The molecule has 0 saturated heterocycles. The zero-order valence-corrected chi connectivity index (χ0v) is 14.5.